The van der Waals surface area contributed by atoms with Crippen LogP contribution in [0.2, 0.25) is 0 Å². The monoisotopic (exact) mass is 483 g/mol. The second-order valence-electron chi connectivity index (χ2n) is 7.67. The maximum absolute atomic E-state index is 12.8. The summed E-state index contributed by atoms with van der Waals surface area (Å²) in [5.41, 5.74) is 3.50. The van der Waals surface area contributed by atoms with Gasteiger partial charge in [-0.3, -0.25) is 34.4 Å². The molecule has 0 unspecified atom stereocenters. The van der Waals surface area contributed by atoms with E-state index < -0.39 is 36.2 Å². The van der Waals surface area contributed by atoms with Gasteiger partial charge in [-0.25, -0.2) is 0 Å². The Hall–Kier alpha value is -4.41. The molecule has 0 saturated carbocycles. The van der Waals surface area contributed by atoms with Crippen LogP contribution >= 0.6 is 0 Å². The summed E-state index contributed by atoms with van der Waals surface area (Å²) in [6, 6.07) is 11.1. The van der Waals surface area contributed by atoms with E-state index in [0.29, 0.717) is 11.3 Å². The molecule has 0 aromatic heterocycles. The number of rotatable bonds is 9. The number of Topliss-reactive ketones (excluding diaryl/α,β-unsaturated/α-hetero) is 1. The van der Waals surface area contributed by atoms with E-state index in [0.717, 1.165) is 5.01 Å². The normalized spacial score (nSPS) is 14.8. The van der Waals surface area contributed by atoms with Crippen molar-refractivity contribution in [2.45, 2.75) is 13.3 Å². The van der Waals surface area contributed by atoms with E-state index in [1.807, 2.05) is 0 Å². The van der Waals surface area contributed by atoms with Crippen LogP contribution in [0.4, 0.5) is 5.69 Å². The van der Waals surface area contributed by atoms with E-state index in [1.165, 1.54) is 21.1 Å². The standard InChI is InChI=1S/C24H25N3O8/c1-14(28)15-7-9-17(10-8-15)25-20(29)13-35-24(32)16-11-21(30)27(12-16)26-23(31)22-18(33-2)5-4-6-19(22)34-3/h4-10,16H,11-13H2,1-3H3,(H,25,29)(H,26,31)/t16-/m1/s1. The van der Waals surface area contributed by atoms with Crippen LogP contribution in [-0.2, 0) is 19.1 Å². The fourth-order valence-electron chi connectivity index (χ4n) is 3.47. The molecule has 11 heteroatoms. The highest BCUT2D eigenvalue weighted by molar-refractivity contribution is 6.01. The largest absolute Gasteiger partial charge is 0.496 e. The van der Waals surface area contributed by atoms with Gasteiger partial charge in [0.2, 0.25) is 5.91 Å². The number of ether oxygens (including phenoxy) is 3. The zero-order valence-corrected chi connectivity index (χ0v) is 19.5. The van der Waals surface area contributed by atoms with Crippen molar-refractivity contribution in [1.82, 2.24) is 10.4 Å². The Morgan fingerprint density at radius 2 is 1.63 bits per heavy atom. The Bertz CT molecular complexity index is 1120. The molecule has 2 N–H and O–H groups in total. The Morgan fingerprint density at radius 1 is 1.00 bits per heavy atom. The zero-order chi connectivity index (χ0) is 25.5. The summed E-state index contributed by atoms with van der Waals surface area (Å²) in [6.07, 6.45) is -0.184. The van der Waals surface area contributed by atoms with Gasteiger partial charge in [0, 0.05) is 17.7 Å². The minimum atomic E-state index is -0.856. The molecule has 0 bridgehead atoms. The van der Waals surface area contributed by atoms with Crippen LogP contribution in [0.25, 0.3) is 0 Å². The van der Waals surface area contributed by atoms with Crippen molar-refractivity contribution in [3.63, 3.8) is 0 Å². The Morgan fingerprint density at radius 3 is 2.20 bits per heavy atom. The molecule has 0 aliphatic carbocycles. The number of carbonyl (C=O) groups is 5. The maximum Gasteiger partial charge on any atom is 0.311 e. The molecule has 35 heavy (non-hydrogen) atoms. The van der Waals surface area contributed by atoms with Crippen LogP contribution in [0.15, 0.2) is 42.5 Å². The Labute approximate surface area is 201 Å². The third-order valence-electron chi connectivity index (χ3n) is 5.27. The van der Waals surface area contributed by atoms with E-state index in [2.05, 4.69) is 10.7 Å². The van der Waals surface area contributed by atoms with E-state index in [1.54, 1.807) is 42.5 Å². The van der Waals surface area contributed by atoms with Crippen molar-refractivity contribution in [2.75, 3.05) is 32.7 Å². The van der Waals surface area contributed by atoms with Crippen molar-refractivity contribution < 1.29 is 38.2 Å². The number of amides is 3. The lowest BCUT2D eigenvalue weighted by Gasteiger charge is -2.19. The number of ketones is 1. The maximum atomic E-state index is 12.8. The van der Waals surface area contributed by atoms with Gasteiger partial charge in [-0.15, -0.1) is 0 Å². The molecule has 2 aromatic rings. The van der Waals surface area contributed by atoms with Crippen molar-refractivity contribution in [3.05, 3.63) is 53.6 Å². The molecule has 2 aromatic carbocycles. The van der Waals surface area contributed by atoms with Crippen LogP contribution in [0.5, 0.6) is 11.5 Å². The lowest BCUT2D eigenvalue weighted by molar-refractivity contribution is -0.151. The molecule has 0 spiro atoms. The van der Waals surface area contributed by atoms with Gasteiger partial charge in [-0.2, -0.15) is 0 Å². The van der Waals surface area contributed by atoms with E-state index in [9.17, 15) is 24.0 Å². The first-order valence-electron chi connectivity index (χ1n) is 10.6. The number of methoxy groups -OCH3 is 2. The number of nitrogens with one attached hydrogen (secondary N) is 2. The molecule has 3 rings (SSSR count). The highest BCUT2D eigenvalue weighted by atomic mass is 16.5. The number of nitrogens with zero attached hydrogens (tertiary/aromatic N) is 1. The van der Waals surface area contributed by atoms with Crippen molar-refractivity contribution in [1.29, 1.82) is 0 Å². The lowest BCUT2D eigenvalue weighted by Crippen LogP contribution is -2.43. The highest BCUT2D eigenvalue weighted by Gasteiger charge is 2.37. The summed E-state index contributed by atoms with van der Waals surface area (Å²) in [7, 11) is 2.80. The molecule has 1 fully saturated rings. The number of benzene rings is 2. The predicted molar refractivity (Wildman–Crippen MR) is 123 cm³/mol. The summed E-state index contributed by atoms with van der Waals surface area (Å²) < 4.78 is 15.4. The van der Waals surface area contributed by atoms with Gasteiger partial charge in [-0.1, -0.05) is 6.07 Å². The summed E-state index contributed by atoms with van der Waals surface area (Å²) in [6.45, 7) is 0.764. The zero-order valence-electron chi connectivity index (χ0n) is 19.5. The number of carbonyl (C=O) groups excluding carboxylic acids is 5. The number of hydrazine groups is 1. The SMILES string of the molecule is COc1cccc(OC)c1C(=O)NN1C[C@H](C(=O)OCC(=O)Nc2ccc(C(C)=O)cc2)CC1=O. The summed E-state index contributed by atoms with van der Waals surface area (Å²) in [5.74, 6) is -2.89. The molecule has 1 aliphatic heterocycles. The summed E-state index contributed by atoms with van der Waals surface area (Å²) in [4.78, 5) is 60.9. The third kappa shape index (κ3) is 6.14. The van der Waals surface area contributed by atoms with Crippen molar-refractivity contribution in [2.24, 2.45) is 5.92 Å². The summed E-state index contributed by atoms with van der Waals surface area (Å²) in [5, 5.41) is 3.58. The quantitative estimate of drug-likeness (QED) is 0.405. The topological polar surface area (TPSA) is 140 Å². The average molecular weight is 483 g/mol. The van der Waals surface area contributed by atoms with Gasteiger partial charge < -0.3 is 19.5 Å². The molecule has 0 radical (unpaired) electrons. The molecule has 11 nitrogen and oxygen atoms in total. The molecular formula is C24H25N3O8. The van der Waals surface area contributed by atoms with Gasteiger partial charge in [0.15, 0.2) is 12.4 Å². The number of esters is 1. The molecule has 1 saturated heterocycles. The van der Waals surface area contributed by atoms with Crippen molar-refractivity contribution >= 4 is 35.2 Å². The third-order valence-corrected chi connectivity index (χ3v) is 5.27. The first-order chi connectivity index (χ1) is 16.7. The smallest absolute Gasteiger partial charge is 0.311 e. The molecule has 184 valence electrons. The van der Waals surface area contributed by atoms with Crippen LogP contribution in [0, 0.1) is 5.92 Å². The molecular weight excluding hydrogens is 458 g/mol. The molecule has 1 atom stereocenters. The fraction of sp³-hybridized carbons (Fsp3) is 0.292. The van der Waals surface area contributed by atoms with Crippen molar-refractivity contribution in [3.8, 4) is 11.5 Å². The van der Waals surface area contributed by atoms with Crippen LogP contribution in [0.3, 0.4) is 0 Å². The lowest BCUT2D eigenvalue weighted by atomic mass is 10.1. The van der Waals surface area contributed by atoms with Crippen LogP contribution < -0.4 is 20.2 Å². The second-order valence-corrected chi connectivity index (χ2v) is 7.67. The molecule has 3 amide bonds. The average Bonchev–Trinajstić information content (AvgIpc) is 3.22. The van der Waals surface area contributed by atoms with Gasteiger partial charge >= 0.3 is 5.97 Å². The van der Waals surface area contributed by atoms with E-state index in [-0.39, 0.29) is 35.8 Å². The van der Waals surface area contributed by atoms with Crippen LogP contribution in [-0.4, -0.2) is 61.9 Å². The summed E-state index contributed by atoms with van der Waals surface area (Å²) >= 11 is 0. The minimum Gasteiger partial charge on any atom is -0.496 e. The van der Waals surface area contributed by atoms with Gasteiger partial charge in [0.05, 0.1) is 26.7 Å². The molecule has 1 heterocycles. The second kappa shape index (κ2) is 11.1. The van der Waals surface area contributed by atoms with E-state index >= 15 is 0 Å². The number of hydrogen-bond donors (Lipinski definition) is 2. The fourth-order valence-corrected chi connectivity index (χ4v) is 3.47. The van der Waals surface area contributed by atoms with Gasteiger partial charge in [0.1, 0.15) is 17.1 Å². The Balaban J connectivity index is 1.53. The first kappa shape index (κ1) is 25.2. The Kier molecular flexibility index (Phi) is 8.03. The predicted octanol–water partition coefficient (Wildman–Crippen LogP) is 1.58. The van der Waals surface area contributed by atoms with Crippen LogP contribution in [0.1, 0.15) is 34.1 Å². The number of hydrogen-bond acceptors (Lipinski definition) is 8. The molecule has 1 aliphatic rings. The first-order valence-corrected chi connectivity index (χ1v) is 10.6. The number of anilines is 1. The van der Waals surface area contributed by atoms with Gasteiger partial charge in [0.25, 0.3) is 11.8 Å². The van der Waals surface area contributed by atoms with E-state index in [4.69, 9.17) is 14.2 Å². The highest BCUT2D eigenvalue weighted by Crippen LogP contribution is 2.28. The minimum absolute atomic E-state index is 0.101. The van der Waals surface area contributed by atoms with Gasteiger partial charge in [-0.05, 0) is 43.3 Å².